The molecule has 0 saturated heterocycles. The first kappa shape index (κ1) is 14.9. The van der Waals surface area contributed by atoms with E-state index >= 15 is 0 Å². The highest BCUT2D eigenvalue weighted by Crippen LogP contribution is 2.51. The van der Waals surface area contributed by atoms with Crippen molar-refractivity contribution in [3.63, 3.8) is 0 Å². The van der Waals surface area contributed by atoms with Crippen LogP contribution in [0.5, 0.6) is 0 Å². The Morgan fingerprint density at radius 1 is 1.25 bits per heavy atom. The van der Waals surface area contributed by atoms with E-state index in [-0.39, 0.29) is 23.7 Å². The molecule has 0 fully saturated rings. The number of carbonyl (C=O) groups is 1. The SMILES string of the molecule is Cc1ccc(C(=O)O)c2c1N[C@@H](c1ccccc1F)[C@@H]1CC=C[C@@H]21. The van der Waals surface area contributed by atoms with Gasteiger partial charge in [-0.15, -0.1) is 0 Å². The Morgan fingerprint density at radius 3 is 2.79 bits per heavy atom. The molecule has 24 heavy (non-hydrogen) atoms. The fraction of sp³-hybridized carbons (Fsp3) is 0.250. The lowest BCUT2D eigenvalue weighted by molar-refractivity contribution is 0.0695. The van der Waals surface area contributed by atoms with Crippen LogP contribution in [0.1, 0.15) is 45.4 Å². The summed E-state index contributed by atoms with van der Waals surface area (Å²) >= 11 is 0. The Bertz CT molecular complexity index is 859. The fourth-order valence-electron chi connectivity index (χ4n) is 4.08. The zero-order valence-corrected chi connectivity index (χ0v) is 13.3. The van der Waals surface area contributed by atoms with Gasteiger partial charge in [-0.05, 0) is 42.5 Å². The molecule has 0 spiro atoms. The van der Waals surface area contributed by atoms with Gasteiger partial charge in [-0.2, -0.15) is 0 Å². The van der Waals surface area contributed by atoms with Crippen LogP contribution in [0.15, 0.2) is 48.6 Å². The zero-order chi connectivity index (χ0) is 16.8. The van der Waals surface area contributed by atoms with E-state index in [9.17, 15) is 14.3 Å². The Morgan fingerprint density at radius 2 is 2.04 bits per heavy atom. The standard InChI is InChI=1S/C20H18FNO2/c1-11-9-10-15(20(23)24)17-12-6-4-7-13(12)19(22-18(11)17)14-5-2-3-8-16(14)21/h2-6,8-10,12-13,19,22H,7H2,1H3,(H,23,24)/t12-,13-,19-/m1/s1. The molecule has 0 saturated carbocycles. The van der Waals surface area contributed by atoms with Crippen molar-refractivity contribution in [3.8, 4) is 0 Å². The van der Waals surface area contributed by atoms with Crippen molar-refractivity contribution in [3.05, 3.63) is 76.6 Å². The number of nitrogens with one attached hydrogen (secondary N) is 1. The number of benzene rings is 2. The maximum absolute atomic E-state index is 14.4. The Labute approximate surface area is 139 Å². The minimum Gasteiger partial charge on any atom is -0.478 e. The third-order valence-corrected chi connectivity index (χ3v) is 5.20. The van der Waals surface area contributed by atoms with Crippen LogP contribution in [-0.2, 0) is 0 Å². The Kier molecular flexibility index (Phi) is 3.41. The molecule has 2 aromatic rings. The molecule has 0 radical (unpaired) electrons. The number of anilines is 1. The summed E-state index contributed by atoms with van der Waals surface area (Å²) in [4.78, 5) is 11.7. The average molecular weight is 323 g/mol. The van der Waals surface area contributed by atoms with E-state index in [4.69, 9.17) is 0 Å². The molecule has 2 aromatic carbocycles. The molecule has 1 aliphatic heterocycles. The second-order valence-corrected chi connectivity index (χ2v) is 6.52. The van der Waals surface area contributed by atoms with Crippen molar-refractivity contribution < 1.29 is 14.3 Å². The number of carboxylic acids is 1. The molecule has 1 aliphatic carbocycles. The first-order chi connectivity index (χ1) is 11.6. The molecule has 2 aliphatic rings. The van der Waals surface area contributed by atoms with Crippen molar-refractivity contribution in [1.82, 2.24) is 0 Å². The number of hydrogen-bond donors (Lipinski definition) is 2. The van der Waals surface area contributed by atoms with Gasteiger partial charge in [-0.25, -0.2) is 9.18 Å². The first-order valence-electron chi connectivity index (χ1n) is 8.12. The van der Waals surface area contributed by atoms with Crippen LogP contribution in [0.3, 0.4) is 0 Å². The maximum atomic E-state index is 14.4. The molecule has 3 nitrogen and oxygen atoms in total. The van der Waals surface area contributed by atoms with E-state index in [1.54, 1.807) is 12.1 Å². The summed E-state index contributed by atoms with van der Waals surface area (Å²) in [6.07, 6.45) is 4.96. The van der Waals surface area contributed by atoms with Crippen molar-refractivity contribution in [2.75, 3.05) is 5.32 Å². The van der Waals surface area contributed by atoms with Gasteiger partial charge in [-0.3, -0.25) is 0 Å². The van der Waals surface area contributed by atoms with Crippen LogP contribution in [0.2, 0.25) is 0 Å². The summed E-state index contributed by atoms with van der Waals surface area (Å²) in [5, 5.41) is 13.0. The largest absolute Gasteiger partial charge is 0.478 e. The van der Waals surface area contributed by atoms with Gasteiger partial charge in [0.1, 0.15) is 5.82 Å². The summed E-state index contributed by atoms with van der Waals surface area (Å²) in [6.45, 7) is 1.95. The number of carboxylic acid groups (broad SMARTS) is 1. The molecule has 4 rings (SSSR count). The smallest absolute Gasteiger partial charge is 0.336 e. The van der Waals surface area contributed by atoms with Crippen LogP contribution in [0.4, 0.5) is 10.1 Å². The number of rotatable bonds is 2. The Hall–Kier alpha value is -2.62. The van der Waals surface area contributed by atoms with Crippen molar-refractivity contribution in [2.24, 2.45) is 5.92 Å². The van der Waals surface area contributed by atoms with Gasteiger partial charge in [0.2, 0.25) is 0 Å². The number of hydrogen-bond acceptors (Lipinski definition) is 2. The van der Waals surface area contributed by atoms with Gasteiger partial charge in [0, 0.05) is 17.2 Å². The van der Waals surface area contributed by atoms with Crippen LogP contribution in [-0.4, -0.2) is 11.1 Å². The van der Waals surface area contributed by atoms with E-state index in [0.29, 0.717) is 11.1 Å². The summed E-state index contributed by atoms with van der Waals surface area (Å²) in [5.41, 5.74) is 3.61. The topological polar surface area (TPSA) is 49.3 Å². The van der Waals surface area contributed by atoms with Gasteiger partial charge in [0.05, 0.1) is 11.6 Å². The van der Waals surface area contributed by atoms with Gasteiger partial charge in [0.15, 0.2) is 0 Å². The lowest BCUT2D eigenvalue weighted by Gasteiger charge is -2.39. The lowest BCUT2D eigenvalue weighted by atomic mass is 9.74. The highest BCUT2D eigenvalue weighted by atomic mass is 19.1. The van der Waals surface area contributed by atoms with Crippen molar-refractivity contribution in [2.45, 2.75) is 25.3 Å². The number of fused-ring (bicyclic) bond motifs is 3. The molecule has 0 bridgehead atoms. The van der Waals surface area contributed by atoms with Gasteiger partial charge < -0.3 is 10.4 Å². The summed E-state index contributed by atoms with van der Waals surface area (Å²) in [6, 6.07) is 10.1. The molecule has 1 heterocycles. The van der Waals surface area contributed by atoms with Crippen LogP contribution >= 0.6 is 0 Å². The quantitative estimate of drug-likeness (QED) is 0.790. The van der Waals surface area contributed by atoms with Crippen LogP contribution in [0.25, 0.3) is 0 Å². The number of aryl methyl sites for hydroxylation is 1. The fourth-order valence-corrected chi connectivity index (χ4v) is 4.08. The van der Waals surface area contributed by atoms with E-state index in [1.165, 1.54) is 6.07 Å². The zero-order valence-electron chi connectivity index (χ0n) is 13.3. The summed E-state index contributed by atoms with van der Waals surface area (Å²) in [7, 11) is 0. The predicted molar refractivity (Wildman–Crippen MR) is 90.9 cm³/mol. The summed E-state index contributed by atoms with van der Waals surface area (Å²) in [5.74, 6) is -1.03. The van der Waals surface area contributed by atoms with Crippen LogP contribution in [0, 0.1) is 18.7 Å². The molecule has 2 N–H and O–H groups in total. The van der Waals surface area contributed by atoms with Gasteiger partial charge in [0.25, 0.3) is 0 Å². The average Bonchev–Trinajstić information content (AvgIpc) is 3.05. The van der Waals surface area contributed by atoms with E-state index in [0.717, 1.165) is 23.2 Å². The van der Waals surface area contributed by atoms with Crippen molar-refractivity contribution >= 4 is 11.7 Å². The van der Waals surface area contributed by atoms with Crippen LogP contribution < -0.4 is 5.32 Å². The molecule has 4 heteroatoms. The third-order valence-electron chi connectivity index (χ3n) is 5.20. The highest BCUT2D eigenvalue weighted by Gasteiger charge is 2.41. The molecule has 122 valence electrons. The van der Waals surface area contributed by atoms with E-state index < -0.39 is 5.97 Å². The number of aromatic carboxylic acids is 1. The molecule has 0 aromatic heterocycles. The maximum Gasteiger partial charge on any atom is 0.336 e. The predicted octanol–water partition coefficient (Wildman–Crippen LogP) is 4.66. The molecule has 3 atom stereocenters. The molecule has 0 amide bonds. The summed E-state index contributed by atoms with van der Waals surface area (Å²) < 4.78 is 14.4. The highest BCUT2D eigenvalue weighted by molar-refractivity contribution is 5.93. The second-order valence-electron chi connectivity index (χ2n) is 6.52. The van der Waals surface area contributed by atoms with E-state index in [1.807, 2.05) is 25.1 Å². The number of allylic oxidation sites excluding steroid dienone is 2. The monoisotopic (exact) mass is 323 g/mol. The molecule has 0 unspecified atom stereocenters. The number of halogens is 1. The minimum absolute atomic E-state index is 0.00291. The second kappa shape index (κ2) is 5.48. The Balaban J connectivity index is 1.90. The first-order valence-corrected chi connectivity index (χ1v) is 8.12. The minimum atomic E-state index is -0.920. The van der Waals surface area contributed by atoms with Gasteiger partial charge >= 0.3 is 5.97 Å². The van der Waals surface area contributed by atoms with E-state index in [2.05, 4.69) is 17.5 Å². The lowest BCUT2D eigenvalue weighted by Crippen LogP contribution is -2.31. The molecular weight excluding hydrogens is 305 g/mol. The van der Waals surface area contributed by atoms with Gasteiger partial charge in [-0.1, -0.05) is 36.4 Å². The van der Waals surface area contributed by atoms with Crippen molar-refractivity contribution in [1.29, 1.82) is 0 Å². The third kappa shape index (κ3) is 2.13. The molecular formula is C20H18FNO2. The normalized spacial score (nSPS) is 24.2.